The minimum absolute atomic E-state index is 0.00826. The topological polar surface area (TPSA) is 102 Å². The van der Waals surface area contributed by atoms with Gasteiger partial charge >= 0.3 is 11.9 Å². The number of ether oxygens (including phenoxy) is 3. The van der Waals surface area contributed by atoms with Gasteiger partial charge in [0.2, 0.25) is 0 Å². The van der Waals surface area contributed by atoms with Gasteiger partial charge in [0.1, 0.15) is 12.6 Å². The Balaban J connectivity index is 4.47. The lowest BCUT2D eigenvalue weighted by Crippen LogP contribution is -2.55. The van der Waals surface area contributed by atoms with Crippen LogP contribution in [0, 0.1) is 0 Å². The first-order chi connectivity index (χ1) is 29.1. The van der Waals surface area contributed by atoms with Crippen LogP contribution in [0.3, 0.4) is 0 Å². The monoisotopic (exact) mass is 832 g/mol. The van der Waals surface area contributed by atoms with Crippen LogP contribution in [-0.2, 0) is 28.6 Å². The number of quaternary nitrogens is 1. The third kappa shape index (κ3) is 39.2. The number of carbonyl (C=O) groups excluding carboxylic acids is 3. The number of aliphatic carboxylic acids is 1. The SMILES string of the molecule is CC/C=C/C=C/C=C/C=C/C=C/C=C/CCCCCC(=O)OC(COCCC(C(=O)[O-])[N+](C)(C)C)COC(=O)CCCCCCCC/C=C/C/C=C/C/C=C/C/C=C/CC. The number of hydrogen-bond acceptors (Lipinski definition) is 7. The third-order valence-corrected chi connectivity index (χ3v) is 9.25. The van der Waals surface area contributed by atoms with Crippen LogP contribution in [-0.4, -0.2) is 75.5 Å². The van der Waals surface area contributed by atoms with E-state index in [1.165, 1.54) is 12.8 Å². The summed E-state index contributed by atoms with van der Waals surface area (Å²) in [5, 5.41) is 11.6. The van der Waals surface area contributed by atoms with Gasteiger partial charge in [-0.05, 0) is 70.6 Å². The number of hydrogen-bond donors (Lipinski definition) is 0. The average molecular weight is 832 g/mol. The molecule has 0 aliphatic rings. The van der Waals surface area contributed by atoms with Crippen molar-refractivity contribution < 1.29 is 38.2 Å². The minimum atomic E-state index is -1.14. The maximum atomic E-state index is 12.7. The summed E-state index contributed by atoms with van der Waals surface area (Å²) in [5.74, 6) is -1.83. The quantitative estimate of drug-likeness (QED) is 0.0201. The van der Waals surface area contributed by atoms with Crippen molar-refractivity contribution in [1.29, 1.82) is 0 Å². The standard InChI is InChI=1S/C52H81NO7/c1-6-8-10-12-14-16-18-20-22-24-25-27-28-30-32-34-36-38-40-42-50(54)59-47-48(46-58-45-44-49(52(56)57)53(3,4)5)60-51(55)43-41-39-37-35-33-31-29-26-23-21-19-17-15-13-11-9-7-2/h8-11,13-17,19-23,25-27,29,31,33,48-49H,6-7,12,18,24,28,30,32,34-47H2,1-5H3/b10-8+,11-9+,15-13+,16-14+,19-17+,22-20+,23-21+,27-25+,29-26+,33-31+. The molecule has 0 bridgehead atoms. The van der Waals surface area contributed by atoms with Crippen LogP contribution in [0.4, 0.5) is 0 Å². The molecular weight excluding hydrogens is 751 g/mol. The van der Waals surface area contributed by atoms with Crippen LogP contribution in [0.25, 0.3) is 0 Å². The Hall–Kier alpha value is -4.27. The fraction of sp³-hybridized carbons (Fsp3) is 0.558. The van der Waals surface area contributed by atoms with Crippen molar-refractivity contribution in [1.82, 2.24) is 0 Å². The van der Waals surface area contributed by atoms with Crippen molar-refractivity contribution in [2.75, 3.05) is 41.0 Å². The Kier molecular flexibility index (Phi) is 38.5. The van der Waals surface area contributed by atoms with Crippen molar-refractivity contribution in [3.05, 3.63) is 122 Å². The molecule has 0 aliphatic carbocycles. The van der Waals surface area contributed by atoms with E-state index in [1.807, 2.05) is 60.8 Å². The van der Waals surface area contributed by atoms with Gasteiger partial charge in [0, 0.05) is 19.3 Å². The van der Waals surface area contributed by atoms with Crippen LogP contribution in [0.15, 0.2) is 122 Å². The van der Waals surface area contributed by atoms with E-state index >= 15 is 0 Å². The molecule has 0 saturated carbocycles. The summed E-state index contributed by atoms with van der Waals surface area (Å²) in [5.41, 5.74) is 0. The van der Waals surface area contributed by atoms with Crippen LogP contribution in [0.5, 0.6) is 0 Å². The molecular formula is C52H81NO7. The molecule has 0 heterocycles. The summed E-state index contributed by atoms with van der Waals surface area (Å²) >= 11 is 0. The van der Waals surface area contributed by atoms with Gasteiger partial charge in [0.15, 0.2) is 6.10 Å². The molecule has 0 aliphatic heterocycles. The largest absolute Gasteiger partial charge is 0.544 e. The molecule has 2 unspecified atom stereocenters. The van der Waals surface area contributed by atoms with Gasteiger partial charge in [-0.3, -0.25) is 9.59 Å². The maximum Gasteiger partial charge on any atom is 0.306 e. The molecule has 0 amide bonds. The zero-order valence-corrected chi connectivity index (χ0v) is 38.1. The third-order valence-electron chi connectivity index (χ3n) is 9.25. The highest BCUT2D eigenvalue weighted by Gasteiger charge is 2.25. The highest BCUT2D eigenvalue weighted by atomic mass is 16.6. The highest BCUT2D eigenvalue weighted by molar-refractivity contribution is 5.70. The summed E-state index contributed by atoms with van der Waals surface area (Å²) < 4.78 is 17.1. The highest BCUT2D eigenvalue weighted by Crippen LogP contribution is 2.12. The number of unbranched alkanes of at least 4 members (excludes halogenated alkanes) is 9. The van der Waals surface area contributed by atoms with Gasteiger partial charge in [-0.2, -0.15) is 0 Å². The summed E-state index contributed by atoms with van der Waals surface area (Å²) in [6, 6.07) is -0.745. The predicted octanol–water partition coefficient (Wildman–Crippen LogP) is 11.3. The number of carbonyl (C=O) groups is 3. The smallest absolute Gasteiger partial charge is 0.306 e. The first kappa shape index (κ1) is 55.7. The Labute approximate surface area is 365 Å². The van der Waals surface area contributed by atoms with Gasteiger partial charge in [0.25, 0.3) is 0 Å². The van der Waals surface area contributed by atoms with Crippen molar-refractivity contribution in [2.24, 2.45) is 0 Å². The van der Waals surface area contributed by atoms with E-state index in [-0.39, 0.29) is 49.1 Å². The number of esters is 2. The minimum Gasteiger partial charge on any atom is -0.544 e. The van der Waals surface area contributed by atoms with Crippen molar-refractivity contribution in [2.45, 2.75) is 148 Å². The molecule has 0 N–H and O–H groups in total. The van der Waals surface area contributed by atoms with E-state index in [1.54, 1.807) is 21.1 Å². The lowest BCUT2D eigenvalue weighted by atomic mass is 10.1. The van der Waals surface area contributed by atoms with E-state index in [4.69, 9.17) is 14.2 Å². The van der Waals surface area contributed by atoms with E-state index in [9.17, 15) is 19.5 Å². The number of nitrogens with zero attached hydrogens (tertiary/aromatic N) is 1. The lowest BCUT2D eigenvalue weighted by Gasteiger charge is -2.34. The average Bonchev–Trinajstić information content (AvgIpc) is 3.21. The Morgan fingerprint density at radius 3 is 1.52 bits per heavy atom. The molecule has 0 aromatic carbocycles. The molecule has 0 radical (unpaired) electrons. The molecule has 0 rings (SSSR count). The summed E-state index contributed by atoms with van der Waals surface area (Å²) in [6.07, 6.45) is 57.9. The molecule has 2 atom stereocenters. The first-order valence-electron chi connectivity index (χ1n) is 22.6. The Morgan fingerprint density at radius 1 is 0.517 bits per heavy atom. The van der Waals surface area contributed by atoms with Crippen LogP contribution in [0.2, 0.25) is 0 Å². The lowest BCUT2D eigenvalue weighted by molar-refractivity contribution is -0.889. The fourth-order valence-corrected chi connectivity index (χ4v) is 5.80. The van der Waals surface area contributed by atoms with E-state index in [0.717, 1.165) is 83.5 Å². The molecule has 0 saturated heterocycles. The maximum absolute atomic E-state index is 12.7. The molecule has 336 valence electrons. The molecule has 0 fully saturated rings. The summed E-state index contributed by atoms with van der Waals surface area (Å²) in [6.45, 7) is 4.31. The Bertz CT molecular complexity index is 1390. The van der Waals surface area contributed by atoms with Gasteiger partial charge < -0.3 is 28.6 Å². The van der Waals surface area contributed by atoms with Gasteiger partial charge in [-0.1, -0.05) is 167 Å². The van der Waals surface area contributed by atoms with Gasteiger partial charge in [-0.15, -0.1) is 0 Å². The first-order valence-corrected chi connectivity index (χ1v) is 22.6. The number of likely N-dealkylation sites (N-methyl/N-ethyl adjacent to an activating group) is 1. The zero-order chi connectivity index (χ0) is 44.2. The van der Waals surface area contributed by atoms with Crippen LogP contribution >= 0.6 is 0 Å². The van der Waals surface area contributed by atoms with Gasteiger partial charge in [-0.25, -0.2) is 0 Å². The molecule has 8 nitrogen and oxygen atoms in total. The second-order valence-corrected chi connectivity index (χ2v) is 15.7. The van der Waals surface area contributed by atoms with Gasteiger partial charge in [0.05, 0.1) is 40.3 Å². The summed E-state index contributed by atoms with van der Waals surface area (Å²) in [4.78, 5) is 36.9. The number of carboxylic acids is 1. The number of allylic oxidation sites excluding steroid dienone is 20. The number of carboxylic acid groups (broad SMARTS) is 1. The Morgan fingerprint density at radius 2 is 0.967 bits per heavy atom. The normalized spacial score (nSPS) is 14.1. The second-order valence-electron chi connectivity index (χ2n) is 15.7. The molecule has 0 spiro atoms. The van der Waals surface area contributed by atoms with Crippen molar-refractivity contribution in [3.8, 4) is 0 Å². The van der Waals surface area contributed by atoms with Crippen molar-refractivity contribution in [3.63, 3.8) is 0 Å². The van der Waals surface area contributed by atoms with E-state index < -0.39 is 18.1 Å². The summed E-state index contributed by atoms with van der Waals surface area (Å²) in [7, 11) is 5.37. The predicted molar refractivity (Wildman–Crippen MR) is 249 cm³/mol. The molecule has 8 heteroatoms. The zero-order valence-electron chi connectivity index (χ0n) is 38.1. The van der Waals surface area contributed by atoms with E-state index in [0.29, 0.717) is 12.8 Å². The molecule has 0 aromatic heterocycles. The second kappa shape index (κ2) is 41.5. The molecule has 60 heavy (non-hydrogen) atoms. The fourth-order valence-electron chi connectivity index (χ4n) is 5.80. The molecule has 0 aromatic rings. The number of rotatable bonds is 38. The van der Waals surface area contributed by atoms with Crippen LogP contribution < -0.4 is 5.11 Å². The van der Waals surface area contributed by atoms with E-state index in [2.05, 4.69) is 74.6 Å². The van der Waals surface area contributed by atoms with Crippen molar-refractivity contribution >= 4 is 17.9 Å². The van der Waals surface area contributed by atoms with Crippen LogP contribution in [0.1, 0.15) is 136 Å².